The molecule has 0 aromatic heterocycles. The maximum absolute atomic E-state index is 2.75. The molecule has 3 heteroatoms. The Labute approximate surface area is 52.4 Å². The van der Waals surface area contributed by atoms with Gasteiger partial charge in [0.05, 0.1) is 0 Å². The van der Waals surface area contributed by atoms with Crippen LogP contribution in [0.1, 0.15) is 0 Å². The minimum absolute atomic E-state index is 1.19. The Bertz CT molecular complexity index is 26.1. The van der Waals surface area contributed by atoms with Crippen molar-refractivity contribution in [1.82, 2.24) is 0 Å². The van der Waals surface area contributed by atoms with Gasteiger partial charge in [0.25, 0.3) is 0 Å². The van der Waals surface area contributed by atoms with Gasteiger partial charge in [-0.05, 0) is 24.6 Å². The molecular formula is C4H13P3. The average molecular weight is 154 g/mol. The Morgan fingerprint density at radius 3 is 1.71 bits per heavy atom. The molecule has 0 aliphatic heterocycles. The van der Waals surface area contributed by atoms with Crippen LogP contribution < -0.4 is 0 Å². The Morgan fingerprint density at radius 1 is 1.00 bits per heavy atom. The van der Waals surface area contributed by atoms with Crippen LogP contribution in [0.25, 0.3) is 0 Å². The lowest BCUT2D eigenvalue weighted by Gasteiger charge is -1.91. The zero-order chi connectivity index (χ0) is 5.54. The molecule has 0 nitrogen and oxygen atoms in total. The van der Waals surface area contributed by atoms with Crippen molar-refractivity contribution in [3.8, 4) is 0 Å². The van der Waals surface area contributed by atoms with Gasteiger partial charge in [-0.25, -0.2) is 0 Å². The molecule has 0 aromatic rings. The second-order valence-corrected chi connectivity index (χ2v) is 3.98. The van der Waals surface area contributed by atoms with Crippen LogP contribution in [0.2, 0.25) is 0 Å². The van der Waals surface area contributed by atoms with E-state index in [2.05, 4.69) is 18.5 Å². The highest BCUT2D eigenvalue weighted by atomic mass is 31.1. The lowest BCUT2D eigenvalue weighted by Crippen LogP contribution is -1.79. The van der Waals surface area contributed by atoms with E-state index in [-0.39, 0.29) is 0 Å². The van der Waals surface area contributed by atoms with Gasteiger partial charge in [-0.15, -0.1) is 27.1 Å². The third kappa shape index (κ3) is 7.29. The number of hydrogen-bond donors (Lipinski definition) is 0. The Balaban J connectivity index is 2.45. The molecule has 0 saturated carbocycles. The molecule has 0 saturated heterocycles. The lowest BCUT2D eigenvalue weighted by atomic mass is 10.9. The predicted octanol–water partition coefficient (Wildman–Crippen LogP) is 1.42. The normalized spacial score (nSPS) is 9.43. The SMILES string of the molecule is PCCPCCP. The summed E-state index contributed by atoms with van der Waals surface area (Å²) in [7, 11) is 6.69. The molecule has 7 heavy (non-hydrogen) atoms. The van der Waals surface area contributed by atoms with Crippen LogP contribution in [0.5, 0.6) is 0 Å². The van der Waals surface area contributed by atoms with Crippen LogP contribution in [-0.4, -0.2) is 24.6 Å². The first-order chi connectivity index (χ1) is 3.41. The zero-order valence-electron chi connectivity index (χ0n) is 4.48. The van der Waals surface area contributed by atoms with Crippen molar-refractivity contribution < 1.29 is 0 Å². The molecule has 0 fully saturated rings. The molecule has 0 N–H and O–H groups in total. The van der Waals surface area contributed by atoms with E-state index in [1.54, 1.807) is 0 Å². The summed E-state index contributed by atoms with van der Waals surface area (Å²) < 4.78 is 0. The number of rotatable bonds is 4. The molecule has 0 radical (unpaired) electrons. The van der Waals surface area contributed by atoms with Crippen molar-refractivity contribution in [2.75, 3.05) is 24.6 Å². The molecule has 2 unspecified atom stereocenters. The summed E-state index contributed by atoms with van der Waals surface area (Å²) in [6, 6.07) is 0. The lowest BCUT2D eigenvalue weighted by molar-refractivity contribution is 1.47. The van der Waals surface area contributed by atoms with Crippen molar-refractivity contribution in [3.05, 3.63) is 0 Å². The molecule has 0 bridgehead atoms. The molecular weight excluding hydrogens is 141 g/mol. The first kappa shape index (κ1) is 8.29. The fourth-order valence-corrected chi connectivity index (χ4v) is 2.21. The van der Waals surface area contributed by atoms with Crippen molar-refractivity contribution in [3.63, 3.8) is 0 Å². The van der Waals surface area contributed by atoms with Gasteiger partial charge in [-0.3, -0.25) is 0 Å². The van der Waals surface area contributed by atoms with E-state index in [0.29, 0.717) is 0 Å². The Kier molecular flexibility index (Phi) is 8.63. The molecule has 0 rings (SSSR count). The van der Waals surface area contributed by atoms with Crippen molar-refractivity contribution in [1.29, 1.82) is 0 Å². The van der Waals surface area contributed by atoms with E-state index < -0.39 is 0 Å². The van der Waals surface area contributed by atoms with Gasteiger partial charge in [0.15, 0.2) is 0 Å². The van der Waals surface area contributed by atoms with Crippen molar-refractivity contribution in [2.45, 2.75) is 0 Å². The summed E-state index contributed by atoms with van der Waals surface area (Å²) in [5, 5.41) is 0. The molecule has 0 aromatic carbocycles. The minimum Gasteiger partial charge on any atom is -0.137 e. The van der Waals surface area contributed by atoms with E-state index in [0.717, 1.165) is 0 Å². The molecule has 2 atom stereocenters. The highest BCUT2D eigenvalue weighted by Gasteiger charge is 1.79. The fourth-order valence-electron chi connectivity index (χ4n) is 0.329. The van der Waals surface area contributed by atoms with E-state index >= 15 is 0 Å². The highest BCUT2D eigenvalue weighted by Crippen LogP contribution is 2.10. The highest BCUT2D eigenvalue weighted by molar-refractivity contribution is 7.39. The first-order valence-electron chi connectivity index (χ1n) is 2.52. The summed E-state index contributed by atoms with van der Waals surface area (Å²) in [5.41, 5.74) is 0. The van der Waals surface area contributed by atoms with Gasteiger partial charge in [0.2, 0.25) is 0 Å². The van der Waals surface area contributed by atoms with Crippen LogP contribution in [0.15, 0.2) is 0 Å². The van der Waals surface area contributed by atoms with Gasteiger partial charge in [0, 0.05) is 0 Å². The average Bonchev–Trinajstić information content (AvgIpc) is 1.69. The van der Waals surface area contributed by atoms with E-state index in [1.807, 2.05) is 0 Å². The summed E-state index contributed by atoms with van der Waals surface area (Å²) in [6.45, 7) is 0. The molecule has 0 aliphatic carbocycles. The summed E-state index contributed by atoms with van der Waals surface area (Å²) in [5.74, 6) is 0. The van der Waals surface area contributed by atoms with E-state index in [9.17, 15) is 0 Å². The monoisotopic (exact) mass is 154 g/mol. The van der Waals surface area contributed by atoms with E-state index in [4.69, 9.17) is 0 Å². The van der Waals surface area contributed by atoms with Crippen LogP contribution in [0, 0.1) is 0 Å². The smallest absolute Gasteiger partial charge is 0.0319 e. The fraction of sp³-hybridized carbons (Fsp3) is 1.00. The Morgan fingerprint density at radius 2 is 1.43 bits per heavy atom. The largest absolute Gasteiger partial charge is 0.137 e. The van der Waals surface area contributed by atoms with Crippen molar-refractivity contribution >= 4 is 27.1 Å². The molecule has 44 valence electrons. The van der Waals surface area contributed by atoms with Gasteiger partial charge >= 0.3 is 0 Å². The van der Waals surface area contributed by atoms with Crippen LogP contribution >= 0.6 is 27.1 Å². The summed E-state index contributed by atoms with van der Waals surface area (Å²) in [6.07, 6.45) is 5.37. The van der Waals surface area contributed by atoms with Crippen LogP contribution in [0.4, 0.5) is 0 Å². The van der Waals surface area contributed by atoms with Crippen LogP contribution in [-0.2, 0) is 0 Å². The number of hydrogen-bond acceptors (Lipinski definition) is 0. The van der Waals surface area contributed by atoms with Gasteiger partial charge in [0.1, 0.15) is 0 Å². The predicted molar refractivity (Wildman–Crippen MR) is 47.2 cm³/mol. The Hall–Kier alpha value is 1.29. The van der Waals surface area contributed by atoms with Gasteiger partial charge in [-0.1, -0.05) is 0 Å². The summed E-state index contributed by atoms with van der Waals surface area (Å²) >= 11 is 0. The third-order valence-corrected chi connectivity index (χ3v) is 3.66. The molecule has 0 spiro atoms. The second-order valence-electron chi connectivity index (χ2n) is 1.33. The topological polar surface area (TPSA) is 0 Å². The van der Waals surface area contributed by atoms with Crippen molar-refractivity contribution in [2.24, 2.45) is 0 Å². The third-order valence-electron chi connectivity index (χ3n) is 0.642. The molecule has 0 amide bonds. The maximum atomic E-state index is 2.75. The summed E-state index contributed by atoms with van der Waals surface area (Å²) in [4.78, 5) is 0. The quantitative estimate of drug-likeness (QED) is 0.424. The zero-order valence-corrected chi connectivity index (χ0v) is 7.79. The van der Waals surface area contributed by atoms with Gasteiger partial charge < -0.3 is 0 Å². The van der Waals surface area contributed by atoms with Crippen LogP contribution in [0.3, 0.4) is 0 Å². The standard InChI is InChI=1S/C4H13P3/c5-1-3-7-4-2-6/h7H,1-6H2. The molecule has 0 heterocycles. The first-order valence-corrected chi connectivity index (χ1v) is 5.57. The second kappa shape index (κ2) is 7.29. The van der Waals surface area contributed by atoms with E-state index in [1.165, 1.54) is 33.2 Å². The molecule has 0 aliphatic rings. The minimum atomic E-state index is 1.19. The van der Waals surface area contributed by atoms with Gasteiger partial charge in [-0.2, -0.15) is 0 Å². The maximum Gasteiger partial charge on any atom is -0.0319 e.